The van der Waals surface area contributed by atoms with Gasteiger partial charge < -0.3 is 10.1 Å². The van der Waals surface area contributed by atoms with E-state index in [1.54, 1.807) is 0 Å². The lowest BCUT2D eigenvalue weighted by atomic mass is 10.0. The fourth-order valence-corrected chi connectivity index (χ4v) is 1.94. The molecule has 1 aliphatic heterocycles. The van der Waals surface area contributed by atoms with Gasteiger partial charge in [0.2, 0.25) is 0 Å². The molecule has 0 amide bonds. The molecule has 3 nitrogen and oxygen atoms in total. The number of esters is 1. The van der Waals surface area contributed by atoms with Gasteiger partial charge in [0, 0.05) is 0 Å². The topological polar surface area (TPSA) is 38.3 Å². The Morgan fingerprint density at radius 2 is 2.20 bits per heavy atom. The number of hydrogen-bond acceptors (Lipinski definition) is 3. The van der Waals surface area contributed by atoms with Crippen LogP contribution in [0.25, 0.3) is 0 Å². The minimum Gasteiger partial charge on any atom is -0.465 e. The van der Waals surface area contributed by atoms with Crippen molar-refractivity contribution in [1.82, 2.24) is 5.32 Å². The van der Waals surface area contributed by atoms with Crippen LogP contribution in [0.5, 0.6) is 0 Å². The van der Waals surface area contributed by atoms with Crippen LogP contribution in [0.3, 0.4) is 0 Å². The SMILES string of the molecule is CCCCCCOC(=O)C1NCCC1C. The number of hydrogen-bond donors (Lipinski definition) is 1. The van der Waals surface area contributed by atoms with Crippen molar-refractivity contribution in [3.05, 3.63) is 0 Å². The van der Waals surface area contributed by atoms with E-state index < -0.39 is 0 Å². The Labute approximate surface area is 92.6 Å². The van der Waals surface area contributed by atoms with Crippen LogP contribution in [0.2, 0.25) is 0 Å². The van der Waals surface area contributed by atoms with E-state index in [1.165, 1.54) is 12.8 Å². The third-order valence-corrected chi connectivity index (χ3v) is 3.03. The summed E-state index contributed by atoms with van der Waals surface area (Å²) in [6.07, 6.45) is 5.69. The second-order valence-corrected chi connectivity index (χ2v) is 4.43. The van der Waals surface area contributed by atoms with Crippen LogP contribution in [0.1, 0.15) is 46.0 Å². The molecule has 1 saturated heterocycles. The van der Waals surface area contributed by atoms with Crippen LogP contribution in [-0.4, -0.2) is 25.2 Å². The lowest BCUT2D eigenvalue weighted by Gasteiger charge is -2.14. The number of ether oxygens (including phenoxy) is 1. The van der Waals surface area contributed by atoms with E-state index in [-0.39, 0.29) is 12.0 Å². The Bertz CT molecular complexity index is 194. The molecule has 0 bridgehead atoms. The zero-order valence-electron chi connectivity index (χ0n) is 9.92. The molecule has 0 radical (unpaired) electrons. The van der Waals surface area contributed by atoms with Gasteiger partial charge in [0.25, 0.3) is 0 Å². The minimum atomic E-state index is -0.0591. The third-order valence-electron chi connectivity index (χ3n) is 3.03. The zero-order chi connectivity index (χ0) is 11.1. The summed E-state index contributed by atoms with van der Waals surface area (Å²) in [5, 5.41) is 3.18. The summed E-state index contributed by atoms with van der Waals surface area (Å²) in [6.45, 7) is 5.81. The lowest BCUT2D eigenvalue weighted by Crippen LogP contribution is -2.36. The maximum Gasteiger partial charge on any atom is 0.323 e. The Morgan fingerprint density at radius 1 is 1.40 bits per heavy atom. The van der Waals surface area contributed by atoms with Crippen molar-refractivity contribution in [2.24, 2.45) is 5.92 Å². The number of nitrogens with one attached hydrogen (secondary N) is 1. The molecule has 1 heterocycles. The summed E-state index contributed by atoms with van der Waals surface area (Å²) >= 11 is 0. The molecule has 0 saturated carbocycles. The number of carbonyl (C=O) groups is 1. The van der Waals surface area contributed by atoms with Crippen molar-refractivity contribution in [2.75, 3.05) is 13.2 Å². The molecule has 0 aromatic carbocycles. The Morgan fingerprint density at radius 3 is 2.80 bits per heavy atom. The van der Waals surface area contributed by atoms with Crippen LogP contribution < -0.4 is 5.32 Å². The molecule has 3 heteroatoms. The van der Waals surface area contributed by atoms with Gasteiger partial charge in [0.15, 0.2) is 0 Å². The standard InChI is InChI=1S/C12H23NO2/c1-3-4-5-6-9-15-12(14)11-10(2)7-8-13-11/h10-11,13H,3-9H2,1-2H3. The van der Waals surface area contributed by atoms with Gasteiger partial charge in [-0.15, -0.1) is 0 Å². The number of rotatable bonds is 6. The van der Waals surface area contributed by atoms with Crippen LogP contribution in [0.15, 0.2) is 0 Å². The van der Waals surface area contributed by atoms with Gasteiger partial charge in [0.1, 0.15) is 6.04 Å². The fourth-order valence-electron chi connectivity index (χ4n) is 1.94. The first-order valence-electron chi connectivity index (χ1n) is 6.15. The van der Waals surface area contributed by atoms with Gasteiger partial charge in [0.05, 0.1) is 6.61 Å². The fraction of sp³-hybridized carbons (Fsp3) is 0.917. The molecular formula is C12H23NO2. The van der Waals surface area contributed by atoms with Gasteiger partial charge in [-0.1, -0.05) is 33.1 Å². The largest absolute Gasteiger partial charge is 0.465 e. The molecule has 1 aliphatic rings. The Hall–Kier alpha value is -0.570. The summed E-state index contributed by atoms with van der Waals surface area (Å²) in [7, 11) is 0. The first kappa shape index (κ1) is 12.5. The van der Waals surface area contributed by atoms with E-state index in [1.807, 2.05) is 0 Å². The highest BCUT2D eigenvalue weighted by atomic mass is 16.5. The van der Waals surface area contributed by atoms with Crippen molar-refractivity contribution in [2.45, 2.75) is 52.0 Å². The van der Waals surface area contributed by atoms with E-state index in [0.717, 1.165) is 25.8 Å². The first-order valence-corrected chi connectivity index (χ1v) is 6.15. The normalized spacial score (nSPS) is 25.5. The predicted molar refractivity (Wildman–Crippen MR) is 60.7 cm³/mol. The van der Waals surface area contributed by atoms with Crippen LogP contribution in [-0.2, 0) is 9.53 Å². The molecular weight excluding hydrogens is 190 g/mol. The number of unbranched alkanes of at least 4 members (excludes halogenated alkanes) is 3. The van der Waals surface area contributed by atoms with Gasteiger partial charge in [-0.2, -0.15) is 0 Å². The third kappa shape index (κ3) is 4.20. The first-order chi connectivity index (χ1) is 7.25. The van der Waals surface area contributed by atoms with Gasteiger partial charge >= 0.3 is 5.97 Å². The predicted octanol–water partition coefficient (Wildman–Crippen LogP) is 2.11. The van der Waals surface area contributed by atoms with E-state index in [0.29, 0.717) is 12.5 Å². The van der Waals surface area contributed by atoms with Gasteiger partial charge in [-0.3, -0.25) is 4.79 Å². The van der Waals surface area contributed by atoms with Crippen LogP contribution in [0, 0.1) is 5.92 Å². The quantitative estimate of drug-likeness (QED) is 0.542. The average molecular weight is 213 g/mol. The van der Waals surface area contributed by atoms with Gasteiger partial charge in [-0.05, 0) is 25.3 Å². The van der Waals surface area contributed by atoms with Gasteiger partial charge in [-0.25, -0.2) is 0 Å². The van der Waals surface area contributed by atoms with Crippen LogP contribution >= 0.6 is 0 Å². The monoisotopic (exact) mass is 213 g/mol. The Balaban J connectivity index is 2.08. The molecule has 1 fully saturated rings. The highest BCUT2D eigenvalue weighted by Gasteiger charge is 2.30. The van der Waals surface area contributed by atoms with E-state index in [2.05, 4.69) is 19.2 Å². The zero-order valence-corrected chi connectivity index (χ0v) is 9.92. The van der Waals surface area contributed by atoms with Crippen molar-refractivity contribution in [3.8, 4) is 0 Å². The lowest BCUT2D eigenvalue weighted by molar-refractivity contribution is -0.146. The van der Waals surface area contributed by atoms with Crippen molar-refractivity contribution >= 4 is 5.97 Å². The Kier molecular flexibility index (Phi) is 5.69. The summed E-state index contributed by atoms with van der Waals surface area (Å²) in [5.41, 5.74) is 0. The molecule has 2 atom stereocenters. The molecule has 0 aliphatic carbocycles. The van der Waals surface area contributed by atoms with Crippen molar-refractivity contribution < 1.29 is 9.53 Å². The molecule has 88 valence electrons. The van der Waals surface area contributed by atoms with E-state index in [9.17, 15) is 4.79 Å². The second-order valence-electron chi connectivity index (χ2n) is 4.43. The maximum atomic E-state index is 11.6. The molecule has 1 rings (SSSR count). The summed E-state index contributed by atoms with van der Waals surface area (Å²) in [6, 6.07) is -0.0591. The average Bonchev–Trinajstić information content (AvgIpc) is 2.64. The van der Waals surface area contributed by atoms with Crippen molar-refractivity contribution in [3.63, 3.8) is 0 Å². The molecule has 0 aromatic rings. The van der Waals surface area contributed by atoms with E-state index >= 15 is 0 Å². The van der Waals surface area contributed by atoms with Crippen molar-refractivity contribution in [1.29, 1.82) is 0 Å². The summed E-state index contributed by atoms with van der Waals surface area (Å²) in [4.78, 5) is 11.6. The molecule has 0 aromatic heterocycles. The van der Waals surface area contributed by atoms with E-state index in [4.69, 9.17) is 4.74 Å². The molecule has 2 unspecified atom stereocenters. The summed E-state index contributed by atoms with van der Waals surface area (Å²) in [5.74, 6) is 0.365. The molecule has 0 spiro atoms. The second kappa shape index (κ2) is 6.83. The highest BCUT2D eigenvalue weighted by Crippen LogP contribution is 2.15. The minimum absolute atomic E-state index is 0.0588. The van der Waals surface area contributed by atoms with Crippen LogP contribution in [0.4, 0.5) is 0 Å². The molecule has 15 heavy (non-hydrogen) atoms. The highest BCUT2D eigenvalue weighted by molar-refractivity contribution is 5.76. The maximum absolute atomic E-state index is 11.6. The number of carbonyl (C=O) groups excluding carboxylic acids is 1. The smallest absolute Gasteiger partial charge is 0.323 e. The summed E-state index contributed by atoms with van der Waals surface area (Å²) < 4.78 is 5.24. The molecule has 1 N–H and O–H groups in total.